The van der Waals surface area contributed by atoms with Crippen LogP contribution in [-0.2, 0) is 9.53 Å². The molecule has 0 saturated carbocycles. The molecule has 3 unspecified atom stereocenters. The van der Waals surface area contributed by atoms with E-state index in [0.717, 1.165) is 6.42 Å². The predicted octanol–water partition coefficient (Wildman–Crippen LogP) is 1.39. The Balaban J connectivity index is 4.48. The van der Waals surface area contributed by atoms with E-state index in [4.69, 9.17) is 14.9 Å². The summed E-state index contributed by atoms with van der Waals surface area (Å²) in [7, 11) is 0.441. The summed E-state index contributed by atoms with van der Waals surface area (Å²) < 4.78 is 5.05. The first-order valence-corrected chi connectivity index (χ1v) is 7.29. The Kier molecular flexibility index (Phi) is 6.60. The van der Waals surface area contributed by atoms with Crippen molar-refractivity contribution < 1.29 is 19.7 Å². The minimum atomic E-state index is -0.988. The molecule has 0 rings (SSSR count). The van der Waals surface area contributed by atoms with Crippen molar-refractivity contribution in [3.63, 3.8) is 0 Å². The lowest BCUT2D eigenvalue weighted by Gasteiger charge is -2.32. The minimum absolute atomic E-state index is 0.0480. The van der Waals surface area contributed by atoms with Gasteiger partial charge in [-0.3, -0.25) is 4.79 Å². The van der Waals surface area contributed by atoms with E-state index < -0.39 is 17.9 Å². The molecule has 0 heterocycles. The van der Waals surface area contributed by atoms with Gasteiger partial charge in [-0.25, -0.2) is 0 Å². The lowest BCUT2D eigenvalue weighted by Crippen LogP contribution is -2.38. The maximum Gasteiger partial charge on any atom is 0.315 e. The zero-order valence-corrected chi connectivity index (χ0v) is 12.4. The van der Waals surface area contributed by atoms with Crippen LogP contribution in [0.15, 0.2) is 0 Å². The highest BCUT2D eigenvalue weighted by Crippen LogP contribution is 2.40. The van der Waals surface area contributed by atoms with Gasteiger partial charge in [-0.1, -0.05) is 20.8 Å². The number of aliphatic hydroxyl groups is 2. The summed E-state index contributed by atoms with van der Waals surface area (Å²) in [5.41, 5.74) is 0.0480. The summed E-state index contributed by atoms with van der Waals surface area (Å²) in [6.07, 6.45) is -0.249. The Bertz CT molecular complexity index is 249. The molecule has 0 aromatic carbocycles. The van der Waals surface area contributed by atoms with Gasteiger partial charge in [0.15, 0.2) is 0 Å². The van der Waals surface area contributed by atoms with Crippen LogP contribution in [0.4, 0.5) is 0 Å². The van der Waals surface area contributed by atoms with Crippen LogP contribution in [0.2, 0.25) is 0 Å². The second-order valence-corrected chi connectivity index (χ2v) is 7.36. The number of hydrogen-bond donors (Lipinski definition) is 2. The molecule has 0 aliphatic rings. The molecule has 0 amide bonds. The molecule has 0 aliphatic carbocycles. The van der Waals surface area contributed by atoms with Gasteiger partial charge in [0.1, 0.15) is 12.7 Å². The van der Waals surface area contributed by atoms with E-state index in [1.54, 1.807) is 0 Å². The summed E-state index contributed by atoms with van der Waals surface area (Å²) >= 11 is 0. The first-order valence-electron chi connectivity index (χ1n) is 5.79. The molecule has 0 aliphatic heterocycles. The van der Waals surface area contributed by atoms with Crippen LogP contribution in [-0.4, -0.2) is 47.3 Å². The SMILES string of the molecule is CPC(C)(CC(C)(C)C)C(=O)OCC(O)CO. The van der Waals surface area contributed by atoms with Crippen molar-refractivity contribution in [2.45, 2.75) is 45.4 Å². The highest BCUT2D eigenvalue weighted by molar-refractivity contribution is 7.40. The summed E-state index contributed by atoms with van der Waals surface area (Å²) in [5, 5.41) is 17.3. The lowest BCUT2D eigenvalue weighted by atomic mass is 9.85. The number of hydrogen-bond acceptors (Lipinski definition) is 4. The van der Waals surface area contributed by atoms with Gasteiger partial charge in [0.25, 0.3) is 0 Å². The molecule has 102 valence electrons. The van der Waals surface area contributed by atoms with Gasteiger partial charge < -0.3 is 14.9 Å². The zero-order valence-electron chi connectivity index (χ0n) is 11.4. The van der Waals surface area contributed by atoms with Crippen LogP contribution in [0.3, 0.4) is 0 Å². The molecule has 4 nitrogen and oxygen atoms in total. The number of rotatable bonds is 6. The zero-order chi connectivity index (χ0) is 13.7. The summed E-state index contributed by atoms with van der Waals surface area (Å²) in [4.78, 5) is 12.0. The van der Waals surface area contributed by atoms with Gasteiger partial charge in [0.05, 0.1) is 11.8 Å². The Morgan fingerprint density at radius 1 is 1.35 bits per heavy atom. The summed E-state index contributed by atoms with van der Waals surface area (Å²) in [6, 6.07) is 0. The van der Waals surface area contributed by atoms with Gasteiger partial charge >= 0.3 is 5.97 Å². The third-order valence-electron chi connectivity index (χ3n) is 2.50. The van der Waals surface area contributed by atoms with Crippen LogP contribution in [0.5, 0.6) is 0 Å². The summed E-state index contributed by atoms with van der Waals surface area (Å²) in [6.45, 7) is 9.60. The molecular formula is C12H25O4P. The standard InChI is InChI=1S/C12H25O4P/c1-11(2,3)8-12(4,17-5)10(15)16-7-9(14)6-13/h9,13-14,17H,6-8H2,1-5H3. The maximum absolute atomic E-state index is 12.0. The van der Waals surface area contributed by atoms with Crippen molar-refractivity contribution in [1.29, 1.82) is 0 Å². The van der Waals surface area contributed by atoms with E-state index in [-0.39, 0.29) is 18.0 Å². The van der Waals surface area contributed by atoms with Crippen LogP contribution in [0.1, 0.15) is 34.1 Å². The summed E-state index contributed by atoms with van der Waals surface area (Å²) in [5.74, 6) is -0.291. The lowest BCUT2D eigenvalue weighted by molar-refractivity contribution is -0.150. The fraction of sp³-hybridized carbons (Fsp3) is 0.917. The Morgan fingerprint density at radius 2 is 1.88 bits per heavy atom. The molecule has 0 fully saturated rings. The molecule has 3 atom stereocenters. The Hall–Kier alpha value is -0.180. The van der Waals surface area contributed by atoms with Gasteiger partial charge in [0, 0.05) is 0 Å². The van der Waals surface area contributed by atoms with Crippen molar-refractivity contribution in [2.75, 3.05) is 19.9 Å². The van der Waals surface area contributed by atoms with Gasteiger partial charge in [-0.2, -0.15) is 0 Å². The normalized spacial score (nSPS) is 18.1. The Labute approximate surface area is 106 Å². The second kappa shape index (κ2) is 6.67. The largest absolute Gasteiger partial charge is 0.462 e. The molecule has 17 heavy (non-hydrogen) atoms. The van der Waals surface area contributed by atoms with Gasteiger partial charge in [-0.15, -0.1) is 8.58 Å². The molecular weight excluding hydrogens is 239 g/mol. The first kappa shape index (κ1) is 16.8. The average molecular weight is 264 g/mol. The molecule has 2 N–H and O–H groups in total. The topological polar surface area (TPSA) is 66.8 Å². The van der Waals surface area contributed by atoms with Crippen LogP contribution in [0.25, 0.3) is 0 Å². The van der Waals surface area contributed by atoms with Gasteiger partial charge in [-0.05, 0) is 25.4 Å². The Morgan fingerprint density at radius 3 is 2.24 bits per heavy atom. The predicted molar refractivity (Wildman–Crippen MR) is 70.8 cm³/mol. The van der Waals surface area contributed by atoms with Crippen LogP contribution in [0, 0.1) is 5.41 Å². The molecule has 0 radical (unpaired) electrons. The van der Waals surface area contributed by atoms with Crippen molar-refractivity contribution >= 4 is 14.6 Å². The molecule has 0 bridgehead atoms. The number of carbonyl (C=O) groups excluding carboxylic acids is 1. The molecule has 0 aromatic heterocycles. The number of carbonyl (C=O) groups is 1. The van der Waals surface area contributed by atoms with E-state index >= 15 is 0 Å². The van der Waals surface area contributed by atoms with Crippen LogP contribution < -0.4 is 0 Å². The van der Waals surface area contributed by atoms with Crippen molar-refractivity contribution in [3.05, 3.63) is 0 Å². The third kappa shape index (κ3) is 6.35. The van der Waals surface area contributed by atoms with Crippen molar-refractivity contribution in [3.8, 4) is 0 Å². The highest BCUT2D eigenvalue weighted by atomic mass is 31.1. The van der Waals surface area contributed by atoms with E-state index in [1.807, 2.05) is 13.6 Å². The highest BCUT2D eigenvalue weighted by Gasteiger charge is 2.37. The van der Waals surface area contributed by atoms with Crippen LogP contribution >= 0.6 is 8.58 Å². The van der Waals surface area contributed by atoms with E-state index in [1.165, 1.54) is 0 Å². The van der Waals surface area contributed by atoms with E-state index in [2.05, 4.69) is 20.8 Å². The third-order valence-corrected chi connectivity index (χ3v) is 3.99. The first-order chi connectivity index (χ1) is 7.64. The minimum Gasteiger partial charge on any atom is -0.462 e. The van der Waals surface area contributed by atoms with Gasteiger partial charge in [0.2, 0.25) is 0 Å². The second-order valence-electron chi connectivity index (χ2n) is 5.75. The number of esters is 1. The fourth-order valence-corrected chi connectivity index (χ4v) is 2.69. The van der Waals surface area contributed by atoms with E-state index in [0.29, 0.717) is 8.58 Å². The number of ether oxygens (including phenoxy) is 1. The monoisotopic (exact) mass is 264 g/mol. The molecule has 0 aromatic rings. The smallest absolute Gasteiger partial charge is 0.315 e. The molecule has 0 saturated heterocycles. The van der Waals surface area contributed by atoms with E-state index in [9.17, 15) is 4.79 Å². The van der Waals surface area contributed by atoms with Crippen molar-refractivity contribution in [1.82, 2.24) is 0 Å². The molecule has 0 spiro atoms. The maximum atomic E-state index is 12.0. The quantitative estimate of drug-likeness (QED) is 0.562. The average Bonchev–Trinajstić information content (AvgIpc) is 2.22. The fourth-order valence-electron chi connectivity index (χ4n) is 1.71. The van der Waals surface area contributed by atoms with Crippen molar-refractivity contribution in [2.24, 2.45) is 5.41 Å². The number of aliphatic hydroxyl groups excluding tert-OH is 2. The molecule has 5 heteroatoms.